The molecule has 0 saturated heterocycles. The van der Waals surface area contributed by atoms with Crippen LogP contribution in [0.5, 0.6) is 11.5 Å². The molecule has 19 heavy (non-hydrogen) atoms. The summed E-state index contributed by atoms with van der Waals surface area (Å²) in [7, 11) is 1.98. The van der Waals surface area contributed by atoms with Crippen molar-refractivity contribution < 1.29 is 19.7 Å². The summed E-state index contributed by atoms with van der Waals surface area (Å²) in [5, 5.41) is 19.1. The van der Waals surface area contributed by atoms with Gasteiger partial charge in [-0.25, -0.2) is 0 Å². The van der Waals surface area contributed by atoms with Crippen LogP contribution < -0.4 is 9.64 Å². The number of rotatable bonds is 2. The number of aromatic hydroxyl groups is 1. The van der Waals surface area contributed by atoms with Gasteiger partial charge in [0.1, 0.15) is 0 Å². The summed E-state index contributed by atoms with van der Waals surface area (Å²) in [5.74, 6) is -0.251. The van der Waals surface area contributed by atoms with Crippen molar-refractivity contribution in [3.05, 3.63) is 17.2 Å². The topological polar surface area (TPSA) is 70.0 Å². The molecule has 5 nitrogen and oxygen atoms in total. The van der Waals surface area contributed by atoms with E-state index in [4.69, 9.17) is 9.84 Å². The van der Waals surface area contributed by atoms with Gasteiger partial charge in [-0.05, 0) is 18.4 Å². The van der Waals surface area contributed by atoms with Crippen LogP contribution >= 0.6 is 0 Å². The molecule has 0 radical (unpaired) electrons. The fourth-order valence-corrected chi connectivity index (χ4v) is 3.14. The molecule has 0 saturated carbocycles. The Labute approximate surface area is 111 Å². The Bertz CT molecular complexity index is 541. The first-order valence-corrected chi connectivity index (χ1v) is 6.52. The lowest BCUT2D eigenvalue weighted by Crippen LogP contribution is -2.19. The highest BCUT2D eigenvalue weighted by molar-refractivity contribution is 5.73. The molecule has 3 rings (SSSR count). The number of benzene rings is 1. The number of fused-ring (bicyclic) bond motifs is 3. The summed E-state index contributed by atoms with van der Waals surface area (Å²) in [6.07, 6.45) is 1.67. The maximum Gasteiger partial charge on any atom is 0.303 e. The second-order valence-electron chi connectivity index (χ2n) is 5.24. The van der Waals surface area contributed by atoms with Crippen molar-refractivity contribution in [3.8, 4) is 11.5 Å². The van der Waals surface area contributed by atoms with Crippen LogP contribution in [0.25, 0.3) is 0 Å². The average Bonchev–Trinajstić information content (AvgIpc) is 2.71. The maximum absolute atomic E-state index is 11.0. The van der Waals surface area contributed by atoms with Crippen LogP contribution in [0.4, 0.5) is 5.69 Å². The zero-order chi connectivity index (χ0) is 13.6. The van der Waals surface area contributed by atoms with Crippen molar-refractivity contribution in [2.45, 2.75) is 25.2 Å². The number of hydrogen-bond donors (Lipinski definition) is 2. The molecule has 5 heteroatoms. The largest absolute Gasteiger partial charge is 0.504 e. The molecule has 1 atom stereocenters. The summed E-state index contributed by atoms with van der Waals surface area (Å²) >= 11 is 0. The normalized spacial score (nSPS) is 20.7. The van der Waals surface area contributed by atoms with Crippen LogP contribution in [-0.4, -0.2) is 36.4 Å². The van der Waals surface area contributed by atoms with Gasteiger partial charge >= 0.3 is 5.97 Å². The van der Waals surface area contributed by atoms with Gasteiger partial charge in [0.15, 0.2) is 11.5 Å². The van der Waals surface area contributed by atoms with Gasteiger partial charge in [0.05, 0.1) is 13.0 Å². The summed E-state index contributed by atoms with van der Waals surface area (Å²) in [5.41, 5.74) is 3.05. The van der Waals surface area contributed by atoms with Gasteiger partial charge in [-0.2, -0.15) is 0 Å². The smallest absolute Gasteiger partial charge is 0.303 e. The fourth-order valence-electron chi connectivity index (χ4n) is 3.14. The van der Waals surface area contributed by atoms with E-state index in [1.165, 1.54) is 0 Å². The fraction of sp³-hybridized carbons (Fsp3) is 0.500. The Morgan fingerprint density at radius 2 is 2.37 bits per heavy atom. The molecule has 0 spiro atoms. The predicted octanol–water partition coefficient (Wildman–Crippen LogP) is 1.73. The number of carboxylic acid groups (broad SMARTS) is 1. The number of phenolic OH excluding ortho intramolecular Hbond substituents is 1. The number of ether oxygens (including phenoxy) is 1. The van der Waals surface area contributed by atoms with E-state index in [0.717, 1.165) is 29.8 Å². The van der Waals surface area contributed by atoms with Gasteiger partial charge in [0, 0.05) is 36.8 Å². The van der Waals surface area contributed by atoms with Crippen molar-refractivity contribution in [1.29, 1.82) is 0 Å². The lowest BCUT2D eigenvalue weighted by Gasteiger charge is -2.28. The first-order chi connectivity index (χ1) is 9.08. The molecule has 1 aromatic carbocycles. The summed E-state index contributed by atoms with van der Waals surface area (Å²) in [6.45, 7) is 1.36. The standard InChI is InChI=1S/C14H17NO4/c1-15-4-2-9-10(15)7-11(16)14-13(9)8(3-5-19-14)6-12(17)18/h7-8,16H,2-6H2,1H3,(H,17,18). The maximum atomic E-state index is 11.0. The Balaban J connectivity index is 2.13. The zero-order valence-electron chi connectivity index (χ0n) is 10.8. The Kier molecular flexibility index (Phi) is 2.77. The van der Waals surface area contributed by atoms with E-state index in [1.807, 2.05) is 7.05 Å². The van der Waals surface area contributed by atoms with Crippen molar-refractivity contribution in [1.82, 2.24) is 0 Å². The lowest BCUT2D eigenvalue weighted by molar-refractivity contribution is -0.137. The number of aliphatic carboxylic acids is 1. The third-order valence-corrected chi connectivity index (χ3v) is 4.04. The molecule has 2 aliphatic rings. The van der Waals surface area contributed by atoms with E-state index < -0.39 is 5.97 Å². The van der Waals surface area contributed by atoms with Crippen LogP contribution in [-0.2, 0) is 11.2 Å². The molecule has 2 heterocycles. The van der Waals surface area contributed by atoms with E-state index in [0.29, 0.717) is 18.8 Å². The quantitative estimate of drug-likeness (QED) is 0.850. The van der Waals surface area contributed by atoms with Gasteiger partial charge in [-0.3, -0.25) is 4.79 Å². The SMILES string of the molecule is CN1CCc2c1cc(O)c1c2C(CC(=O)O)CCO1. The minimum atomic E-state index is -0.804. The number of nitrogens with zero attached hydrogens (tertiary/aromatic N) is 1. The van der Waals surface area contributed by atoms with Gasteiger partial charge in [0.25, 0.3) is 0 Å². The molecule has 0 fully saturated rings. The molecule has 2 N–H and O–H groups in total. The van der Waals surface area contributed by atoms with Crippen molar-refractivity contribution in [3.63, 3.8) is 0 Å². The molecule has 2 aliphatic heterocycles. The molecule has 0 bridgehead atoms. The third-order valence-electron chi connectivity index (χ3n) is 4.04. The van der Waals surface area contributed by atoms with Gasteiger partial charge in [-0.15, -0.1) is 0 Å². The van der Waals surface area contributed by atoms with Crippen molar-refractivity contribution in [2.75, 3.05) is 25.1 Å². The molecule has 0 aliphatic carbocycles. The van der Waals surface area contributed by atoms with E-state index >= 15 is 0 Å². The highest BCUT2D eigenvalue weighted by atomic mass is 16.5. The first kappa shape index (κ1) is 12.1. The molecular weight excluding hydrogens is 246 g/mol. The minimum Gasteiger partial charge on any atom is -0.504 e. The first-order valence-electron chi connectivity index (χ1n) is 6.52. The molecule has 1 aromatic rings. The van der Waals surface area contributed by atoms with E-state index in [9.17, 15) is 9.90 Å². The van der Waals surface area contributed by atoms with Crippen LogP contribution in [0.1, 0.15) is 29.9 Å². The number of hydrogen-bond acceptors (Lipinski definition) is 4. The average molecular weight is 263 g/mol. The third kappa shape index (κ3) is 1.89. The zero-order valence-corrected chi connectivity index (χ0v) is 10.8. The molecule has 0 amide bonds. The number of likely N-dealkylation sites (N-methyl/N-ethyl adjacent to an activating group) is 1. The second kappa shape index (κ2) is 4.33. The molecule has 102 valence electrons. The summed E-state index contributed by atoms with van der Waals surface area (Å²) < 4.78 is 5.57. The van der Waals surface area contributed by atoms with Crippen LogP contribution in [0.2, 0.25) is 0 Å². The van der Waals surface area contributed by atoms with Crippen molar-refractivity contribution in [2.24, 2.45) is 0 Å². The van der Waals surface area contributed by atoms with Crippen LogP contribution in [0.15, 0.2) is 6.07 Å². The second-order valence-corrected chi connectivity index (χ2v) is 5.24. The van der Waals surface area contributed by atoms with Gasteiger partial charge in [-0.1, -0.05) is 0 Å². The van der Waals surface area contributed by atoms with E-state index in [1.54, 1.807) is 6.07 Å². The molecule has 0 aromatic heterocycles. The van der Waals surface area contributed by atoms with E-state index in [2.05, 4.69) is 4.90 Å². The number of anilines is 1. The van der Waals surface area contributed by atoms with E-state index in [-0.39, 0.29) is 18.1 Å². The lowest BCUT2D eigenvalue weighted by atomic mass is 9.85. The summed E-state index contributed by atoms with van der Waals surface area (Å²) in [4.78, 5) is 13.1. The predicted molar refractivity (Wildman–Crippen MR) is 70.2 cm³/mol. The Hall–Kier alpha value is -1.91. The molecular formula is C14H17NO4. The number of carbonyl (C=O) groups is 1. The van der Waals surface area contributed by atoms with Gasteiger partial charge < -0.3 is 19.8 Å². The minimum absolute atomic E-state index is 0.0615. The number of phenols is 1. The van der Waals surface area contributed by atoms with Crippen LogP contribution in [0, 0.1) is 0 Å². The van der Waals surface area contributed by atoms with Crippen molar-refractivity contribution >= 4 is 11.7 Å². The highest BCUT2D eigenvalue weighted by Gasteiger charge is 2.33. The highest BCUT2D eigenvalue weighted by Crippen LogP contribution is 2.48. The monoisotopic (exact) mass is 263 g/mol. The van der Waals surface area contributed by atoms with Crippen LogP contribution in [0.3, 0.4) is 0 Å². The summed E-state index contributed by atoms with van der Waals surface area (Å²) in [6, 6.07) is 1.73. The Morgan fingerprint density at radius 1 is 1.58 bits per heavy atom. The molecule has 1 unspecified atom stereocenters. The number of carboxylic acids is 1. The Morgan fingerprint density at radius 3 is 3.11 bits per heavy atom. The van der Waals surface area contributed by atoms with Gasteiger partial charge in [0.2, 0.25) is 0 Å².